The molecule has 3 N–H and O–H groups in total. The minimum atomic E-state index is -4.26. The second-order valence-electron chi connectivity index (χ2n) is 10.00. The lowest BCUT2D eigenvalue weighted by Crippen LogP contribution is -2.47. The summed E-state index contributed by atoms with van der Waals surface area (Å²) in [5.74, 6) is 0. The van der Waals surface area contributed by atoms with Gasteiger partial charge in [-0.15, -0.1) is 0 Å². The molecule has 0 radical (unpaired) electrons. The number of aliphatic hydroxyl groups excluding tert-OH is 1. The Morgan fingerprint density at radius 2 is 1.84 bits per heavy atom. The van der Waals surface area contributed by atoms with Crippen molar-refractivity contribution in [3.63, 3.8) is 0 Å². The molecule has 0 aromatic heterocycles. The number of piperidine rings is 1. The molecule has 1 spiro atoms. The molecule has 2 heterocycles. The Morgan fingerprint density at radius 1 is 1.14 bits per heavy atom. The maximum Gasteiger partial charge on any atom is 0.401 e. The van der Waals surface area contributed by atoms with Gasteiger partial charge in [-0.2, -0.15) is 17.5 Å². The van der Waals surface area contributed by atoms with Crippen molar-refractivity contribution in [2.24, 2.45) is 0 Å². The Bertz CT molecular complexity index is 1150. The molecular formula is C26H34F3N3O4S. The van der Waals surface area contributed by atoms with E-state index in [0.717, 1.165) is 17.5 Å². The minimum Gasteiger partial charge on any atom is -0.392 e. The molecule has 2 aliphatic heterocycles. The van der Waals surface area contributed by atoms with Gasteiger partial charge in [-0.25, -0.2) is 8.42 Å². The van der Waals surface area contributed by atoms with Crippen LogP contribution in [0.15, 0.2) is 53.4 Å². The topological polar surface area (TPSA) is 90.9 Å². The summed E-state index contributed by atoms with van der Waals surface area (Å²) in [5.41, 5.74) is 1.87. The monoisotopic (exact) mass is 541 g/mol. The van der Waals surface area contributed by atoms with Crippen LogP contribution in [-0.2, 0) is 21.3 Å². The largest absolute Gasteiger partial charge is 0.401 e. The zero-order valence-electron chi connectivity index (χ0n) is 20.8. The van der Waals surface area contributed by atoms with Gasteiger partial charge in [-0.3, -0.25) is 0 Å². The molecule has 11 heteroatoms. The van der Waals surface area contributed by atoms with Gasteiger partial charge in [-0.1, -0.05) is 36.4 Å². The Hall–Kier alpha value is -2.02. The lowest BCUT2D eigenvalue weighted by molar-refractivity contribution is -0.125. The van der Waals surface area contributed by atoms with Crippen molar-refractivity contribution in [1.29, 1.82) is 0 Å². The van der Waals surface area contributed by atoms with Crippen molar-refractivity contribution in [3.05, 3.63) is 54.1 Å². The molecule has 0 amide bonds. The zero-order valence-corrected chi connectivity index (χ0v) is 21.6. The quantitative estimate of drug-likeness (QED) is 0.452. The Balaban J connectivity index is 1.37. The summed E-state index contributed by atoms with van der Waals surface area (Å²) in [5, 5.41) is 15.2. The average Bonchev–Trinajstić information content (AvgIpc) is 3.25. The first-order chi connectivity index (χ1) is 17.5. The predicted octanol–water partition coefficient (Wildman–Crippen LogP) is 3.29. The molecule has 2 saturated heterocycles. The molecule has 2 aliphatic rings. The van der Waals surface area contributed by atoms with Gasteiger partial charge in [0.15, 0.2) is 0 Å². The number of sulfonamides is 1. The zero-order chi connectivity index (χ0) is 26.7. The summed E-state index contributed by atoms with van der Waals surface area (Å²) in [6, 6.07) is 13.9. The maximum absolute atomic E-state index is 13.4. The summed E-state index contributed by atoms with van der Waals surface area (Å²) in [7, 11) is -3.70. The van der Waals surface area contributed by atoms with E-state index in [1.54, 1.807) is 49.4 Å². The second kappa shape index (κ2) is 11.4. The average molecular weight is 542 g/mol. The number of halogens is 3. The smallest absolute Gasteiger partial charge is 0.392 e. The Morgan fingerprint density at radius 3 is 2.49 bits per heavy atom. The Labute approximate surface area is 216 Å². The van der Waals surface area contributed by atoms with Crippen LogP contribution in [0.1, 0.15) is 31.7 Å². The van der Waals surface area contributed by atoms with E-state index in [2.05, 4.69) is 10.6 Å². The number of hydrogen-bond donors (Lipinski definition) is 3. The van der Waals surface area contributed by atoms with Crippen LogP contribution in [0.25, 0.3) is 11.1 Å². The summed E-state index contributed by atoms with van der Waals surface area (Å²) in [6.07, 6.45) is -2.67. The number of nitrogens with one attached hydrogen (secondary N) is 2. The summed E-state index contributed by atoms with van der Waals surface area (Å²) >= 11 is 0. The van der Waals surface area contributed by atoms with E-state index in [4.69, 9.17) is 4.74 Å². The fourth-order valence-corrected chi connectivity index (χ4v) is 6.43. The number of benzene rings is 2. The van der Waals surface area contributed by atoms with E-state index in [1.165, 1.54) is 4.31 Å². The first-order valence-corrected chi connectivity index (χ1v) is 13.9. The predicted molar refractivity (Wildman–Crippen MR) is 134 cm³/mol. The van der Waals surface area contributed by atoms with Crippen LogP contribution in [0.2, 0.25) is 0 Å². The SMILES string of the molecule is CC(O)CN[C@H]1COC2(CCN(S(=O)(=O)c3cccc(-c4ccc(CNCC(F)(F)F)cc4)c3)CC2)C1. The highest BCUT2D eigenvalue weighted by atomic mass is 32.2. The molecule has 2 aromatic carbocycles. The van der Waals surface area contributed by atoms with Crippen molar-refractivity contribution in [2.75, 3.05) is 32.8 Å². The first kappa shape index (κ1) is 28.0. The van der Waals surface area contributed by atoms with E-state index in [1.807, 2.05) is 6.07 Å². The van der Waals surface area contributed by atoms with Crippen LogP contribution in [0.3, 0.4) is 0 Å². The number of rotatable bonds is 9. The molecule has 0 bridgehead atoms. The summed E-state index contributed by atoms with van der Waals surface area (Å²) in [4.78, 5) is 0.209. The van der Waals surface area contributed by atoms with Gasteiger partial charge >= 0.3 is 6.18 Å². The molecule has 2 atom stereocenters. The molecular weight excluding hydrogens is 507 g/mol. The third-order valence-corrected chi connectivity index (χ3v) is 8.85. The standard InChI is InChI=1S/C26H34F3N3O4S/c1-19(33)15-31-23-14-25(36-17-23)9-11-32(12-10-25)37(34,35)24-4-2-3-22(13-24)21-7-5-20(6-8-21)16-30-18-26(27,28)29/h2-8,13,19,23,30-31,33H,9-12,14-18H2,1H3/t19?,23-/m1/s1. The van der Waals surface area contributed by atoms with Crippen LogP contribution in [0.5, 0.6) is 0 Å². The van der Waals surface area contributed by atoms with Crippen LogP contribution in [0.4, 0.5) is 13.2 Å². The van der Waals surface area contributed by atoms with Crippen molar-refractivity contribution in [3.8, 4) is 11.1 Å². The maximum atomic E-state index is 13.4. The van der Waals surface area contributed by atoms with Crippen LogP contribution >= 0.6 is 0 Å². The molecule has 0 aliphatic carbocycles. The number of ether oxygens (including phenoxy) is 1. The third-order valence-electron chi connectivity index (χ3n) is 6.96. The van der Waals surface area contributed by atoms with Crippen LogP contribution in [-0.4, -0.2) is 74.5 Å². The molecule has 0 saturated carbocycles. The Kier molecular flexibility index (Phi) is 8.61. The number of aliphatic hydroxyl groups is 1. The summed E-state index contributed by atoms with van der Waals surface area (Å²) in [6.45, 7) is 2.55. The number of nitrogens with zero attached hydrogens (tertiary/aromatic N) is 1. The normalized spacial score (nSPS) is 21.4. The van der Waals surface area contributed by atoms with Crippen molar-refractivity contribution < 1.29 is 31.4 Å². The van der Waals surface area contributed by atoms with Crippen LogP contribution in [0, 0.1) is 0 Å². The van der Waals surface area contributed by atoms with E-state index in [0.29, 0.717) is 44.6 Å². The second-order valence-corrected chi connectivity index (χ2v) is 11.9. The molecule has 2 fully saturated rings. The lowest BCUT2D eigenvalue weighted by atomic mass is 9.88. The van der Waals surface area contributed by atoms with Gasteiger partial charge < -0.3 is 20.5 Å². The van der Waals surface area contributed by atoms with E-state index < -0.39 is 28.8 Å². The summed E-state index contributed by atoms with van der Waals surface area (Å²) < 4.78 is 71.4. The first-order valence-electron chi connectivity index (χ1n) is 12.5. The van der Waals surface area contributed by atoms with Gasteiger partial charge in [0.2, 0.25) is 10.0 Å². The van der Waals surface area contributed by atoms with Gasteiger partial charge in [0, 0.05) is 32.2 Å². The van der Waals surface area contributed by atoms with Gasteiger partial charge in [0.05, 0.1) is 29.8 Å². The van der Waals surface area contributed by atoms with E-state index in [9.17, 15) is 26.7 Å². The highest BCUT2D eigenvalue weighted by Crippen LogP contribution is 2.37. The van der Waals surface area contributed by atoms with Crippen LogP contribution < -0.4 is 10.6 Å². The highest BCUT2D eigenvalue weighted by Gasteiger charge is 2.44. The van der Waals surface area contributed by atoms with E-state index >= 15 is 0 Å². The molecule has 4 rings (SSSR count). The molecule has 37 heavy (non-hydrogen) atoms. The minimum absolute atomic E-state index is 0.0890. The lowest BCUT2D eigenvalue weighted by Gasteiger charge is -2.38. The molecule has 2 aromatic rings. The number of hydrogen-bond acceptors (Lipinski definition) is 6. The highest BCUT2D eigenvalue weighted by molar-refractivity contribution is 7.89. The number of alkyl halides is 3. The molecule has 7 nitrogen and oxygen atoms in total. The van der Waals surface area contributed by atoms with Crippen molar-refractivity contribution in [2.45, 2.75) is 61.5 Å². The molecule has 204 valence electrons. The van der Waals surface area contributed by atoms with Gasteiger partial charge in [0.25, 0.3) is 0 Å². The van der Waals surface area contributed by atoms with Crippen molar-refractivity contribution in [1.82, 2.24) is 14.9 Å². The van der Waals surface area contributed by atoms with E-state index in [-0.39, 0.29) is 23.1 Å². The van der Waals surface area contributed by atoms with Gasteiger partial charge in [-0.05, 0) is 55.0 Å². The molecule has 1 unspecified atom stereocenters. The fraction of sp³-hybridized carbons (Fsp3) is 0.538. The van der Waals surface area contributed by atoms with Gasteiger partial charge in [0.1, 0.15) is 0 Å². The van der Waals surface area contributed by atoms with Crippen molar-refractivity contribution >= 4 is 10.0 Å². The fourth-order valence-electron chi connectivity index (χ4n) is 4.94. The third kappa shape index (κ3) is 7.30.